The number of guanidine groups is 1. The maximum Gasteiger partial charge on any atom is 0.308 e. The number of methoxy groups -OCH3 is 1. The van der Waals surface area contributed by atoms with Crippen LogP contribution in [0, 0.1) is 5.92 Å². The molecule has 0 aromatic heterocycles. The average molecular weight is 489 g/mol. The van der Waals surface area contributed by atoms with E-state index >= 15 is 0 Å². The van der Waals surface area contributed by atoms with E-state index < -0.39 is 0 Å². The second-order valence-electron chi connectivity index (χ2n) is 6.86. The van der Waals surface area contributed by atoms with Crippen molar-refractivity contribution in [2.75, 3.05) is 27.2 Å². The van der Waals surface area contributed by atoms with Crippen molar-refractivity contribution in [1.29, 1.82) is 0 Å². The Morgan fingerprint density at radius 3 is 2.56 bits per heavy atom. The van der Waals surface area contributed by atoms with Gasteiger partial charge in [0.2, 0.25) is 0 Å². The highest BCUT2D eigenvalue weighted by atomic mass is 127. The van der Waals surface area contributed by atoms with Gasteiger partial charge in [-0.1, -0.05) is 24.3 Å². The van der Waals surface area contributed by atoms with Gasteiger partial charge in [0.25, 0.3) is 0 Å². The molecule has 0 spiro atoms. The zero-order valence-corrected chi connectivity index (χ0v) is 19.1. The van der Waals surface area contributed by atoms with Gasteiger partial charge in [-0.2, -0.15) is 0 Å². The normalized spacial score (nSPS) is 15.4. The van der Waals surface area contributed by atoms with Crippen molar-refractivity contribution in [2.45, 2.75) is 45.9 Å². The third kappa shape index (κ3) is 7.65. The fourth-order valence-corrected chi connectivity index (χ4v) is 3.10. The van der Waals surface area contributed by atoms with Crippen LogP contribution >= 0.6 is 24.0 Å². The first-order chi connectivity index (χ1) is 12.5. The molecule has 0 radical (unpaired) electrons. The van der Waals surface area contributed by atoms with Crippen LogP contribution in [0.4, 0.5) is 0 Å². The van der Waals surface area contributed by atoms with E-state index in [4.69, 9.17) is 9.47 Å². The molecule has 0 aliphatic carbocycles. The molecule has 1 aromatic rings. The van der Waals surface area contributed by atoms with E-state index in [-0.39, 0.29) is 42.0 Å². The van der Waals surface area contributed by atoms with E-state index in [1.54, 1.807) is 7.05 Å². The van der Waals surface area contributed by atoms with E-state index in [1.807, 2.05) is 13.8 Å². The van der Waals surface area contributed by atoms with Crippen LogP contribution < -0.4 is 5.32 Å². The first-order valence-corrected chi connectivity index (χ1v) is 9.26. The number of nitrogens with one attached hydrogen (secondary N) is 1. The Morgan fingerprint density at radius 1 is 1.30 bits per heavy atom. The standard InChI is InChI=1S/C20H31N3O3.HI/c1-15(2)26-14-17-7-5-6-16(12-17)13-22-20(21-3)23-10-8-18(9-11-23)19(24)25-4;/h5-7,12,15,18H,8-11,13-14H2,1-4H3,(H,21,22);1H. The summed E-state index contributed by atoms with van der Waals surface area (Å²) in [6.07, 6.45) is 1.83. The molecule has 0 saturated carbocycles. The van der Waals surface area contributed by atoms with Gasteiger partial charge in [-0.25, -0.2) is 0 Å². The third-order valence-corrected chi connectivity index (χ3v) is 4.57. The number of halogens is 1. The quantitative estimate of drug-likeness (QED) is 0.288. The second kappa shape index (κ2) is 12.2. The number of carbonyl (C=O) groups excluding carboxylic acids is 1. The molecule has 1 N–H and O–H groups in total. The van der Waals surface area contributed by atoms with Crippen molar-refractivity contribution < 1.29 is 14.3 Å². The fourth-order valence-electron chi connectivity index (χ4n) is 3.10. The molecule has 27 heavy (non-hydrogen) atoms. The summed E-state index contributed by atoms with van der Waals surface area (Å²) in [6.45, 7) is 7.03. The van der Waals surface area contributed by atoms with Crippen LogP contribution in [0.1, 0.15) is 37.8 Å². The van der Waals surface area contributed by atoms with Gasteiger partial charge in [-0.05, 0) is 37.8 Å². The number of likely N-dealkylation sites (tertiary alicyclic amines) is 1. The molecule has 0 amide bonds. The Bertz CT molecular complexity index is 614. The van der Waals surface area contributed by atoms with E-state index in [0.717, 1.165) is 31.9 Å². The van der Waals surface area contributed by atoms with Gasteiger partial charge in [0.05, 0.1) is 25.7 Å². The molecule has 1 aliphatic heterocycles. The lowest BCUT2D eigenvalue weighted by Gasteiger charge is -2.33. The largest absolute Gasteiger partial charge is 0.469 e. The molecule has 2 rings (SSSR count). The number of benzene rings is 1. The van der Waals surface area contributed by atoms with E-state index in [2.05, 4.69) is 39.5 Å². The molecule has 1 heterocycles. The number of piperidine rings is 1. The highest BCUT2D eigenvalue weighted by Crippen LogP contribution is 2.18. The van der Waals surface area contributed by atoms with Crippen LogP contribution in [0.15, 0.2) is 29.3 Å². The van der Waals surface area contributed by atoms with Gasteiger partial charge >= 0.3 is 5.97 Å². The van der Waals surface area contributed by atoms with Crippen molar-refractivity contribution in [3.63, 3.8) is 0 Å². The summed E-state index contributed by atoms with van der Waals surface area (Å²) in [5, 5.41) is 3.42. The van der Waals surface area contributed by atoms with Gasteiger partial charge in [0.1, 0.15) is 0 Å². The smallest absolute Gasteiger partial charge is 0.308 e. The minimum absolute atomic E-state index is 0. The predicted octanol–water partition coefficient (Wildman–Crippen LogP) is 3.19. The van der Waals surface area contributed by atoms with Crippen LogP contribution in [-0.2, 0) is 27.4 Å². The maximum absolute atomic E-state index is 11.7. The van der Waals surface area contributed by atoms with E-state index in [1.165, 1.54) is 18.2 Å². The van der Waals surface area contributed by atoms with E-state index in [9.17, 15) is 4.79 Å². The molecule has 7 heteroatoms. The van der Waals surface area contributed by atoms with E-state index in [0.29, 0.717) is 13.2 Å². The maximum atomic E-state index is 11.7. The number of aliphatic imine (C=N–C) groups is 1. The molecule has 0 atom stereocenters. The monoisotopic (exact) mass is 489 g/mol. The summed E-state index contributed by atoms with van der Waals surface area (Å²) in [5.41, 5.74) is 2.37. The van der Waals surface area contributed by atoms with Crippen molar-refractivity contribution in [3.05, 3.63) is 35.4 Å². The molecule has 1 fully saturated rings. The van der Waals surface area contributed by atoms with Crippen LogP contribution in [0.25, 0.3) is 0 Å². The summed E-state index contributed by atoms with van der Waals surface area (Å²) in [4.78, 5) is 18.2. The minimum atomic E-state index is -0.104. The van der Waals surface area contributed by atoms with Crippen LogP contribution in [0.3, 0.4) is 0 Å². The first kappa shape index (κ1) is 23.7. The summed E-state index contributed by atoms with van der Waals surface area (Å²) in [6, 6.07) is 8.40. The molecule has 152 valence electrons. The van der Waals surface area contributed by atoms with Crippen molar-refractivity contribution in [1.82, 2.24) is 10.2 Å². The Morgan fingerprint density at radius 2 is 1.96 bits per heavy atom. The first-order valence-electron chi connectivity index (χ1n) is 9.26. The number of hydrogen-bond acceptors (Lipinski definition) is 4. The summed E-state index contributed by atoms with van der Waals surface area (Å²) in [7, 11) is 3.25. The van der Waals surface area contributed by atoms with Gasteiger partial charge in [0.15, 0.2) is 5.96 Å². The Labute approximate surface area is 179 Å². The molecule has 1 aliphatic rings. The molecule has 6 nitrogen and oxygen atoms in total. The summed E-state index contributed by atoms with van der Waals surface area (Å²) >= 11 is 0. The highest BCUT2D eigenvalue weighted by Gasteiger charge is 2.26. The topological polar surface area (TPSA) is 63.2 Å². The molecular weight excluding hydrogens is 457 g/mol. The second-order valence-corrected chi connectivity index (χ2v) is 6.86. The Balaban J connectivity index is 0.00000364. The number of carbonyl (C=O) groups is 1. The number of esters is 1. The van der Waals surface area contributed by atoms with Gasteiger partial charge in [-0.15, -0.1) is 24.0 Å². The molecule has 0 unspecified atom stereocenters. The summed E-state index contributed by atoms with van der Waals surface area (Å²) < 4.78 is 10.5. The predicted molar refractivity (Wildman–Crippen MR) is 118 cm³/mol. The SMILES string of the molecule is CN=C(NCc1cccc(COC(C)C)c1)N1CCC(C(=O)OC)CC1.I. The Hall–Kier alpha value is -1.35. The minimum Gasteiger partial charge on any atom is -0.469 e. The third-order valence-electron chi connectivity index (χ3n) is 4.57. The summed E-state index contributed by atoms with van der Waals surface area (Å²) in [5.74, 6) is 0.775. The molecular formula is C20H32IN3O3. The van der Waals surface area contributed by atoms with Crippen molar-refractivity contribution in [3.8, 4) is 0 Å². The number of nitrogens with zero attached hydrogens (tertiary/aromatic N) is 2. The van der Waals surface area contributed by atoms with Gasteiger partial charge in [0, 0.05) is 26.7 Å². The van der Waals surface area contributed by atoms with Crippen molar-refractivity contribution in [2.24, 2.45) is 10.9 Å². The lowest BCUT2D eigenvalue weighted by atomic mass is 9.97. The number of ether oxygens (including phenoxy) is 2. The zero-order valence-electron chi connectivity index (χ0n) is 16.7. The van der Waals surface area contributed by atoms with Gasteiger partial charge in [-0.3, -0.25) is 9.79 Å². The molecule has 1 saturated heterocycles. The number of rotatable bonds is 6. The average Bonchev–Trinajstić information content (AvgIpc) is 2.67. The lowest BCUT2D eigenvalue weighted by Crippen LogP contribution is -2.46. The zero-order chi connectivity index (χ0) is 18.9. The van der Waals surface area contributed by atoms with Crippen LogP contribution in [0.5, 0.6) is 0 Å². The van der Waals surface area contributed by atoms with Crippen molar-refractivity contribution >= 4 is 35.9 Å². The highest BCUT2D eigenvalue weighted by molar-refractivity contribution is 14.0. The van der Waals surface area contributed by atoms with Crippen LogP contribution in [0.2, 0.25) is 0 Å². The van der Waals surface area contributed by atoms with Crippen LogP contribution in [-0.4, -0.2) is 50.2 Å². The lowest BCUT2D eigenvalue weighted by molar-refractivity contribution is -0.146. The number of hydrogen-bond donors (Lipinski definition) is 1. The Kier molecular flexibility index (Phi) is 10.7. The van der Waals surface area contributed by atoms with Gasteiger partial charge < -0.3 is 19.7 Å². The fraction of sp³-hybridized carbons (Fsp3) is 0.600. The molecule has 1 aromatic carbocycles. The molecule has 0 bridgehead atoms.